The first kappa shape index (κ1) is 12.4. The van der Waals surface area contributed by atoms with Crippen LogP contribution in [0, 0.1) is 0 Å². The van der Waals surface area contributed by atoms with Gasteiger partial charge in [-0.1, -0.05) is 33.6 Å². The first-order valence-electron chi connectivity index (χ1n) is 5.39. The highest BCUT2D eigenvalue weighted by atomic mass is 79.9. The normalized spacial score (nSPS) is 19.5. The van der Waals surface area contributed by atoms with Crippen LogP contribution in [0.15, 0.2) is 22.7 Å². The predicted molar refractivity (Wildman–Crippen MR) is 69.7 cm³/mol. The summed E-state index contributed by atoms with van der Waals surface area (Å²) in [5.74, 6) is 0. The molecule has 1 unspecified atom stereocenters. The molecule has 2 N–H and O–H groups in total. The maximum atomic E-state index is 9.58. The van der Waals surface area contributed by atoms with Crippen molar-refractivity contribution in [1.82, 2.24) is 5.32 Å². The Morgan fingerprint density at radius 3 is 2.75 bits per heavy atom. The number of aliphatic hydroxyl groups excluding tert-OH is 1. The molecule has 1 aliphatic rings. The fraction of sp³-hybridized carbons (Fsp3) is 0.500. The van der Waals surface area contributed by atoms with Crippen molar-refractivity contribution in [2.45, 2.75) is 31.3 Å². The fourth-order valence-corrected chi connectivity index (χ4v) is 2.71. The van der Waals surface area contributed by atoms with Crippen LogP contribution < -0.4 is 5.32 Å². The second-order valence-electron chi connectivity index (χ2n) is 4.53. The van der Waals surface area contributed by atoms with Gasteiger partial charge in [0.05, 0.1) is 12.1 Å². The van der Waals surface area contributed by atoms with Gasteiger partial charge in [0.15, 0.2) is 0 Å². The van der Waals surface area contributed by atoms with E-state index in [1.807, 2.05) is 25.1 Å². The van der Waals surface area contributed by atoms with E-state index in [4.69, 9.17) is 11.6 Å². The van der Waals surface area contributed by atoms with E-state index < -0.39 is 5.54 Å². The molecule has 1 aromatic rings. The van der Waals surface area contributed by atoms with Crippen LogP contribution in [-0.2, 0) is 5.54 Å². The van der Waals surface area contributed by atoms with E-state index in [0.29, 0.717) is 11.1 Å². The predicted octanol–water partition coefficient (Wildman–Crippen LogP) is 3.06. The highest BCUT2D eigenvalue weighted by molar-refractivity contribution is 9.10. The molecule has 0 radical (unpaired) electrons. The molecule has 0 amide bonds. The van der Waals surface area contributed by atoms with Gasteiger partial charge in [0.1, 0.15) is 0 Å². The molecule has 1 fully saturated rings. The van der Waals surface area contributed by atoms with Crippen LogP contribution in [0.3, 0.4) is 0 Å². The molecule has 4 heteroatoms. The number of benzene rings is 1. The van der Waals surface area contributed by atoms with Crippen LogP contribution in [-0.4, -0.2) is 17.8 Å². The highest BCUT2D eigenvalue weighted by Gasteiger charge is 2.34. The average Bonchev–Trinajstić information content (AvgIpc) is 3.01. The van der Waals surface area contributed by atoms with Gasteiger partial charge < -0.3 is 10.4 Å². The lowest BCUT2D eigenvalue weighted by molar-refractivity contribution is 0.173. The van der Waals surface area contributed by atoms with Crippen molar-refractivity contribution in [2.24, 2.45) is 0 Å². The number of rotatable bonds is 4. The van der Waals surface area contributed by atoms with Crippen LogP contribution in [0.4, 0.5) is 0 Å². The summed E-state index contributed by atoms with van der Waals surface area (Å²) in [5, 5.41) is 13.7. The van der Waals surface area contributed by atoms with Crippen LogP contribution in [0.2, 0.25) is 5.02 Å². The summed E-state index contributed by atoms with van der Waals surface area (Å²) in [4.78, 5) is 0. The third-order valence-corrected chi connectivity index (χ3v) is 3.75. The second-order valence-corrected chi connectivity index (χ2v) is 5.86. The van der Waals surface area contributed by atoms with Crippen LogP contribution in [0.25, 0.3) is 0 Å². The van der Waals surface area contributed by atoms with Crippen molar-refractivity contribution in [3.8, 4) is 0 Å². The third kappa shape index (κ3) is 2.59. The Balaban J connectivity index is 2.30. The Kier molecular flexibility index (Phi) is 3.59. The van der Waals surface area contributed by atoms with E-state index in [1.54, 1.807) is 0 Å². The smallest absolute Gasteiger partial charge is 0.0657 e. The van der Waals surface area contributed by atoms with Crippen molar-refractivity contribution in [3.63, 3.8) is 0 Å². The van der Waals surface area contributed by atoms with Gasteiger partial charge in [0, 0.05) is 15.5 Å². The second kappa shape index (κ2) is 4.65. The molecule has 16 heavy (non-hydrogen) atoms. The van der Waals surface area contributed by atoms with Gasteiger partial charge in [0.2, 0.25) is 0 Å². The maximum Gasteiger partial charge on any atom is 0.0657 e. The molecule has 1 atom stereocenters. The van der Waals surface area contributed by atoms with Crippen molar-refractivity contribution in [1.29, 1.82) is 0 Å². The molecule has 1 aromatic carbocycles. The minimum absolute atomic E-state index is 0.0465. The first-order chi connectivity index (χ1) is 7.55. The number of hydrogen-bond acceptors (Lipinski definition) is 2. The number of halogens is 2. The third-order valence-electron chi connectivity index (χ3n) is 2.94. The van der Waals surface area contributed by atoms with Crippen molar-refractivity contribution in [3.05, 3.63) is 33.3 Å². The van der Waals surface area contributed by atoms with Crippen LogP contribution >= 0.6 is 27.5 Å². The number of nitrogens with one attached hydrogen (secondary N) is 1. The summed E-state index contributed by atoms with van der Waals surface area (Å²) < 4.78 is 0.952. The standard InChI is InChI=1S/C12H15BrClNO/c1-12(7-16,15-9-3-4-9)10-5-2-8(13)6-11(10)14/h2,5-6,9,15-16H,3-4,7H2,1H3. The summed E-state index contributed by atoms with van der Waals surface area (Å²) in [5.41, 5.74) is 0.505. The summed E-state index contributed by atoms with van der Waals surface area (Å²) in [6, 6.07) is 6.29. The Morgan fingerprint density at radius 2 is 2.25 bits per heavy atom. The molecule has 1 saturated carbocycles. The maximum absolute atomic E-state index is 9.58. The first-order valence-corrected chi connectivity index (χ1v) is 6.56. The molecular formula is C12H15BrClNO. The van der Waals surface area contributed by atoms with Gasteiger partial charge in [0.25, 0.3) is 0 Å². The monoisotopic (exact) mass is 303 g/mol. The minimum atomic E-state index is -0.445. The van der Waals surface area contributed by atoms with Crippen LogP contribution in [0.1, 0.15) is 25.3 Å². The Labute approximate surface area is 109 Å². The number of hydrogen-bond donors (Lipinski definition) is 2. The lowest BCUT2D eigenvalue weighted by Crippen LogP contribution is -2.44. The Hall–Kier alpha value is -0.0900. The molecule has 0 spiro atoms. The molecule has 0 heterocycles. The molecule has 1 aliphatic carbocycles. The molecule has 88 valence electrons. The van der Waals surface area contributed by atoms with E-state index in [9.17, 15) is 5.11 Å². The Bertz CT molecular complexity index is 395. The summed E-state index contributed by atoms with van der Waals surface area (Å²) in [6.07, 6.45) is 2.37. The van der Waals surface area contributed by atoms with Crippen molar-refractivity contribution in [2.75, 3.05) is 6.61 Å². The summed E-state index contributed by atoms with van der Waals surface area (Å²) >= 11 is 9.60. The van der Waals surface area contributed by atoms with Gasteiger partial charge in [-0.2, -0.15) is 0 Å². The SMILES string of the molecule is CC(CO)(NC1CC1)c1ccc(Br)cc1Cl. The van der Waals surface area contributed by atoms with Gasteiger partial charge in [-0.05, 0) is 37.5 Å². The van der Waals surface area contributed by atoms with E-state index in [0.717, 1.165) is 10.0 Å². The van der Waals surface area contributed by atoms with Crippen molar-refractivity contribution < 1.29 is 5.11 Å². The lowest BCUT2D eigenvalue weighted by atomic mass is 9.92. The average molecular weight is 305 g/mol. The van der Waals surface area contributed by atoms with E-state index in [2.05, 4.69) is 21.2 Å². The van der Waals surface area contributed by atoms with Gasteiger partial charge >= 0.3 is 0 Å². The molecular weight excluding hydrogens is 289 g/mol. The van der Waals surface area contributed by atoms with Crippen LogP contribution in [0.5, 0.6) is 0 Å². The summed E-state index contributed by atoms with van der Waals surface area (Å²) in [6.45, 7) is 2.03. The van der Waals surface area contributed by atoms with Gasteiger partial charge in [-0.15, -0.1) is 0 Å². The van der Waals surface area contributed by atoms with Gasteiger partial charge in [-0.3, -0.25) is 0 Å². The molecule has 0 aliphatic heterocycles. The fourth-order valence-electron chi connectivity index (χ4n) is 1.82. The topological polar surface area (TPSA) is 32.3 Å². The summed E-state index contributed by atoms with van der Waals surface area (Å²) in [7, 11) is 0. The lowest BCUT2D eigenvalue weighted by Gasteiger charge is -2.30. The zero-order chi connectivity index (χ0) is 11.8. The number of aliphatic hydroxyl groups is 1. The van der Waals surface area contributed by atoms with E-state index in [1.165, 1.54) is 12.8 Å². The molecule has 2 rings (SSSR count). The molecule has 0 aromatic heterocycles. The minimum Gasteiger partial charge on any atom is -0.394 e. The van der Waals surface area contributed by atoms with Crippen molar-refractivity contribution >= 4 is 27.5 Å². The zero-order valence-electron chi connectivity index (χ0n) is 9.13. The van der Waals surface area contributed by atoms with E-state index >= 15 is 0 Å². The Morgan fingerprint density at radius 1 is 1.56 bits per heavy atom. The quantitative estimate of drug-likeness (QED) is 0.896. The van der Waals surface area contributed by atoms with E-state index in [-0.39, 0.29) is 6.61 Å². The zero-order valence-corrected chi connectivity index (χ0v) is 11.5. The highest BCUT2D eigenvalue weighted by Crippen LogP contribution is 2.33. The van der Waals surface area contributed by atoms with Gasteiger partial charge in [-0.25, -0.2) is 0 Å². The largest absolute Gasteiger partial charge is 0.394 e. The molecule has 2 nitrogen and oxygen atoms in total. The molecule has 0 bridgehead atoms. The molecule has 0 saturated heterocycles.